The number of carbonyl (C=O) groups is 3. The number of thioether (sulfide) groups is 1. The van der Waals surface area contributed by atoms with Crippen LogP contribution >= 0.6 is 35.0 Å². The minimum absolute atomic E-state index is 0.177. The normalized spacial score (nSPS) is 24.3. The first-order valence-electron chi connectivity index (χ1n) is 7.72. The Kier molecular flexibility index (Phi) is 5.37. The van der Waals surface area contributed by atoms with Gasteiger partial charge in [-0.25, -0.2) is 0 Å². The van der Waals surface area contributed by atoms with E-state index in [4.69, 9.17) is 23.2 Å². The van der Waals surface area contributed by atoms with Crippen LogP contribution in [-0.4, -0.2) is 39.8 Å². The fourth-order valence-electron chi connectivity index (χ4n) is 3.19. The van der Waals surface area contributed by atoms with Crippen molar-refractivity contribution in [3.63, 3.8) is 0 Å². The predicted molar refractivity (Wildman–Crippen MR) is 94.7 cm³/mol. The van der Waals surface area contributed by atoms with Crippen molar-refractivity contribution in [2.75, 3.05) is 5.75 Å². The van der Waals surface area contributed by atoms with Crippen LogP contribution in [0.25, 0.3) is 0 Å². The molecule has 0 radical (unpaired) electrons. The van der Waals surface area contributed by atoms with Gasteiger partial charge in [0.2, 0.25) is 5.91 Å². The second-order valence-corrected chi connectivity index (χ2v) is 7.64. The Balaban J connectivity index is 1.79. The molecule has 1 aromatic rings. The first kappa shape index (κ1) is 17.6. The topological polar surface area (TPSA) is 66.5 Å². The minimum atomic E-state index is -0.342. The molecule has 3 rings (SSSR count). The quantitative estimate of drug-likeness (QED) is 0.858. The largest absolute Gasteiger partial charge is 0.347 e. The summed E-state index contributed by atoms with van der Waals surface area (Å²) in [6.07, 6.45) is 3.29. The number of imide groups is 1. The highest BCUT2D eigenvalue weighted by atomic mass is 35.5. The van der Waals surface area contributed by atoms with Crippen LogP contribution < -0.4 is 5.32 Å². The minimum Gasteiger partial charge on any atom is -0.347 e. The van der Waals surface area contributed by atoms with Crippen LogP contribution in [0.15, 0.2) is 18.2 Å². The number of benzene rings is 1. The van der Waals surface area contributed by atoms with E-state index in [0.29, 0.717) is 22.0 Å². The van der Waals surface area contributed by atoms with Gasteiger partial charge in [-0.3, -0.25) is 19.3 Å². The highest BCUT2D eigenvalue weighted by molar-refractivity contribution is 8.14. The van der Waals surface area contributed by atoms with Gasteiger partial charge in [-0.05, 0) is 31.0 Å². The third-order valence-electron chi connectivity index (χ3n) is 4.34. The van der Waals surface area contributed by atoms with Crippen LogP contribution in [0.2, 0.25) is 10.0 Å². The zero-order chi connectivity index (χ0) is 17.3. The van der Waals surface area contributed by atoms with E-state index in [9.17, 15) is 14.4 Å². The molecule has 8 heteroatoms. The van der Waals surface area contributed by atoms with Gasteiger partial charge < -0.3 is 5.32 Å². The number of nitrogens with one attached hydrogen (secondary N) is 1. The molecule has 1 N–H and O–H groups in total. The molecule has 2 aliphatic rings. The molecule has 0 bridgehead atoms. The molecule has 5 nitrogen and oxygen atoms in total. The molecule has 2 unspecified atom stereocenters. The maximum absolute atomic E-state index is 12.6. The van der Waals surface area contributed by atoms with Gasteiger partial charge in [-0.15, -0.1) is 0 Å². The molecule has 3 amide bonds. The molecule has 1 saturated heterocycles. The van der Waals surface area contributed by atoms with Crippen molar-refractivity contribution in [2.24, 2.45) is 0 Å². The van der Waals surface area contributed by atoms with Gasteiger partial charge in [0.05, 0.1) is 28.4 Å². The van der Waals surface area contributed by atoms with E-state index in [1.54, 1.807) is 12.1 Å². The summed E-state index contributed by atoms with van der Waals surface area (Å²) < 4.78 is 0. The third kappa shape index (κ3) is 3.55. The predicted octanol–water partition coefficient (Wildman–Crippen LogP) is 3.73. The van der Waals surface area contributed by atoms with Crippen LogP contribution in [0.3, 0.4) is 0 Å². The van der Waals surface area contributed by atoms with Gasteiger partial charge in [-0.2, -0.15) is 0 Å². The van der Waals surface area contributed by atoms with Gasteiger partial charge in [0, 0.05) is 5.02 Å². The van der Waals surface area contributed by atoms with E-state index in [1.807, 2.05) is 0 Å². The maximum atomic E-state index is 12.6. The molecule has 2 atom stereocenters. The first-order chi connectivity index (χ1) is 11.5. The molecule has 24 heavy (non-hydrogen) atoms. The lowest BCUT2D eigenvalue weighted by molar-refractivity contribution is -0.127. The molecular weight excluding hydrogens is 371 g/mol. The number of halogens is 2. The Morgan fingerprint density at radius 3 is 2.67 bits per heavy atom. The number of nitrogens with zero attached hydrogens (tertiary/aromatic N) is 1. The molecule has 2 fully saturated rings. The number of hydrogen-bond donors (Lipinski definition) is 1. The lowest BCUT2D eigenvalue weighted by Gasteiger charge is -2.36. The van der Waals surface area contributed by atoms with Crippen molar-refractivity contribution in [3.05, 3.63) is 33.8 Å². The Bertz CT molecular complexity index is 682. The molecule has 1 aliphatic heterocycles. The Morgan fingerprint density at radius 2 is 1.96 bits per heavy atom. The zero-order valence-corrected chi connectivity index (χ0v) is 15.1. The van der Waals surface area contributed by atoms with Crippen LogP contribution in [0.5, 0.6) is 0 Å². The Morgan fingerprint density at radius 1 is 1.21 bits per heavy atom. The summed E-state index contributed by atoms with van der Waals surface area (Å²) in [6, 6.07) is 4.13. The summed E-state index contributed by atoms with van der Waals surface area (Å²) >= 11 is 13.0. The van der Waals surface area contributed by atoms with Crippen molar-refractivity contribution in [2.45, 2.75) is 37.8 Å². The highest BCUT2D eigenvalue weighted by Crippen LogP contribution is 2.30. The summed E-state index contributed by atoms with van der Waals surface area (Å²) in [6.45, 7) is 0. The smallest absolute Gasteiger partial charge is 0.289 e. The van der Waals surface area contributed by atoms with Gasteiger partial charge in [0.15, 0.2) is 0 Å². The number of amides is 3. The van der Waals surface area contributed by atoms with Crippen LogP contribution in [0.4, 0.5) is 4.79 Å². The Labute approximate surface area is 154 Å². The first-order valence-corrected chi connectivity index (χ1v) is 9.46. The molecular formula is C16H16Cl2N2O3S. The molecule has 1 aromatic carbocycles. The van der Waals surface area contributed by atoms with E-state index in [2.05, 4.69) is 5.32 Å². The van der Waals surface area contributed by atoms with E-state index in [1.165, 1.54) is 11.0 Å². The standard InChI is InChI=1S/C16H16Cl2N2O3S/c17-9-5-6-11(18)10(7-9)15(22)19-12-3-1-2-4-13(12)20-14(21)8-24-16(20)23/h5-7,12-13H,1-4,8H2,(H,19,22). The summed E-state index contributed by atoms with van der Waals surface area (Å²) in [5.41, 5.74) is 0.293. The lowest BCUT2D eigenvalue weighted by atomic mass is 9.89. The molecule has 0 aromatic heterocycles. The van der Waals surface area contributed by atoms with E-state index in [-0.39, 0.29) is 34.9 Å². The number of hydrogen-bond acceptors (Lipinski definition) is 4. The summed E-state index contributed by atoms with van der Waals surface area (Å²) in [5.74, 6) is -0.348. The molecule has 128 valence electrons. The van der Waals surface area contributed by atoms with Crippen molar-refractivity contribution in [1.82, 2.24) is 10.2 Å². The van der Waals surface area contributed by atoms with Gasteiger partial charge in [0.1, 0.15) is 0 Å². The van der Waals surface area contributed by atoms with E-state index < -0.39 is 0 Å². The zero-order valence-electron chi connectivity index (χ0n) is 12.8. The van der Waals surface area contributed by atoms with Crippen LogP contribution in [-0.2, 0) is 4.79 Å². The van der Waals surface area contributed by atoms with Crippen molar-refractivity contribution in [3.8, 4) is 0 Å². The highest BCUT2D eigenvalue weighted by Gasteiger charge is 2.41. The molecule has 1 heterocycles. The molecule has 1 aliphatic carbocycles. The number of carbonyl (C=O) groups excluding carboxylic acids is 3. The van der Waals surface area contributed by atoms with Crippen LogP contribution in [0, 0.1) is 0 Å². The van der Waals surface area contributed by atoms with E-state index in [0.717, 1.165) is 31.0 Å². The Hall–Kier alpha value is -1.24. The van der Waals surface area contributed by atoms with E-state index >= 15 is 0 Å². The number of rotatable bonds is 3. The summed E-state index contributed by atoms with van der Waals surface area (Å²) in [7, 11) is 0. The third-order valence-corrected chi connectivity index (χ3v) is 5.73. The average molecular weight is 387 g/mol. The summed E-state index contributed by atoms with van der Waals surface area (Å²) in [5, 5.41) is 3.44. The fraction of sp³-hybridized carbons (Fsp3) is 0.438. The van der Waals surface area contributed by atoms with Crippen molar-refractivity contribution < 1.29 is 14.4 Å². The van der Waals surface area contributed by atoms with Gasteiger partial charge in [0.25, 0.3) is 11.1 Å². The van der Waals surface area contributed by atoms with Crippen LogP contribution in [0.1, 0.15) is 36.0 Å². The monoisotopic (exact) mass is 386 g/mol. The average Bonchev–Trinajstić information content (AvgIpc) is 2.89. The fourth-order valence-corrected chi connectivity index (χ4v) is 4.33. The maximum Gasteiger partial charge on any atom is 0.289 e. The second-order valence-electron chi connectivity index (χ2n) is 5.87. The van der Waals surface area contributed by atoms with Crippen molar-refractivity contribution >= 4 is 52.0 Å². The van der Waals surface area contributed by atoms with Gasteiger partial charge >= 0.3 is 0 Å². The lowest BCUT2D eigenvalue weighted by Crippen LogP contribution is -2.54. The molecule has 0 spiro atoms. The molecule has 1 saturated carbocycles. The summed E-state index contributed by atoms with van der Waals surface area (Å²) in [4.78, 5) is 37.9. The SMILES string of the molecule is O=C(NC1CCCCC1N1C(=O)CSC1=O)c1cc(Cl)ccc1Cl. The second kappa shape index (κ2) is 7.33. The van der Waals surface area contributed by atoms with Gasteiger partial charge in [-0.1, -0.05) is 47.8 Å². The van der Waals surface area contributed by atoms with Crippen molar-refractivity contribution in [1.29, 1.82) is 0 Å².